The Morgan fingerprint density at radius 2 is 1.95 bits per heavy atom. The van der Waals surface area contributed by atoms with Crippen LogP contribution in [-0.2, 0) is 12.6 Å². The van der Waals surface area contributed by atoms with E-state index in [1.165, 1.54) is 6.07 Å². The molecule has 1 aromatic carbocycles. The van der Waals surface area contributed by atoms with Crippen LogP contribution >= 0.6 is 0 Å². The molecule has 4 nitrogen and oxygen atoms in total. The quantitative estimate of drug-likeness (QED) is 0.460. The van der Waals surface area contributed by atoms with Crippen molar-refractivity contribution in [1.82, 2.24) is 10.4 Å². The van der Waals surface area contributed by atoms with Gasteiger partial charge in [-0.3, -0.25) is 16.3 Å². The molecule has 0 aliphatic carbocycles. The summed E-state index contributed by atoms with van der Waals surface area (Å²) in [5.41, 5.74) is 8.78. The van der Waals surface area contributed by atoms with Crippen LogP contribution in [0.25, 0.3) is 0 Å². The van der Waals surface area contributed by atoms with Gasteiger partial charge in [-0.2, -0.15) is 13.2 Å². The van der Waals surface area contributed by atoms with Gasteiger partial charge in [-0.1, -0.05) is 6.07 Å². The highest BCUT2D eigenvalue weighted by molar-refractivity contribution is 5.51. The molecule has 0 bridgehead atoms. The van der Waals surface area contributed by atoms with Crippen molar-refractivity contribution in [2.24, 2.45) is 5.84 Å². The summed E-state index contributed by atoms with van der Waals surface area (Å²) in [5.74, 6) is 5.47. The molecule has 21 heavy (non-hydrogen) atoms. The number of hydrogen-bond donors (Lipinski definition) is 3. The Kier molecular flexibility index (Phi) is 4.44. The smallest absolute Gasteiger partial charge is 0.398 e. The molecule has 0 fully saturated rings. The third-order valence-corrected chi connectivity index (χ3v) is 3.13. The van der Waals surface area contributed by atoms with Gasteiger partial charge in [-0.25, -0.2) is 0 Å². The molecule has 1 unspecified atom stereocenters. The van der Waals surface area contributed by atoms with Crippen LogP contribution in [-0.4, -0.2) is 4.98 Å². The average molecular weight is 296 g/mol. The minimum absolute atomic E-state index is 0.252. The number of alkyl halides is 3. The lowest BCUT2D eigenvalue weighted by atomic mass is 9.98. The van der Waals surface area contributed by atoms with Crippen LogP contribution in [0.1, 0.15) is 22.9 Å². The standard InChI is InChI=1S/C14H15F3N4/c15-14(16,17)9-4-5-12(18)11(7-9)13(21-19)8-10-3-1-2-6-20-10/h1-7,13,21H,8,18-19H2. The van der Waals surface area contributed by atoms with Crippen LogP contribution in [0.15, 0.2) is 42.6 Å². The van der Waals surface area contributed by atoms with E-state index in [9.17, 15) is 13.2 Å². The van der Waals surface area contributed by atoms with Gasteiger partial charge < -0.3 is 5.73 Å². The number of halogens is 3. The number of rotatable bonds is 4. The first-order valence-electron chi connectivity index (χ1n) is 6.24. The molecule has 7 heteroatoms. The van der Waals surface area contributed by atoms with Crippen LogP contribution < -0.4 is 17.0 Å². The second-order valence-electron chi connectivity index (χ2n) is 4.59. The summed E-state index contributed by atoms with van der Waals surface area (Å²) >= 11 is 0. The second kappa shape index (κ2) is 6.11. The molecule has 1 heterocycles. The zero-order chi connectivity index (χ0) is 15.5. The van der Waals surface area contributed by atoms with Gasteiger partial charge in [0, 0.05) is 24.0 Å². The van der Waals surface area contributed by atoms with E-state index in [1.54, 1.807) is 24.4 Å². The van der Waals surface area contributed by atoms with Gasteiger partial charge >= 0.3 is 6.18 Å². The maximum Gasteiger partial charge on any atom is 0.416 e. The second-order valence-corrected chi connectivity index (χ2v) is 4.59. The van der Waals surface area contributed by atoms with Gasteiger partial charge in [-0.15, -0.1) is 0 Å². The van der Waals surface area contributed by atoms with E-state index in [2.05, 4.69) is 10.4 Å². The number of nitrogen functional groups attached to an aromatic ring is 1. The van der Waals surface area contributed by atoms with Crippen molar-refractivity contribution in [3.05, 3.63) is 59.4 Å². The highest BCUT2D eigenvalue weighted by atomic mass is 19.4. The third kappa shape index (κ3) is 3.71. The molecule has 0 spiro atoms. The van der Waals surface area contributed by atoms with E-state index < -0.39 is 17.8 Å². The number of nitrogens with zero attached hydrogens (tertiary/aromatic N) is 1. The number of benzene rings is 1. The number of nitrogens with two attached hydrogens (primary N) is 2. The molecule has 2 aromatic rings. The summed E-state index contributed by atoms with van der Waals surface area (Å²) in [5, 5.41) is 0. The van der Waals surface area contributed by atoms with Gasteiger partial charge in [0.1, 0.15) is 0 Å². The Morgan fingerprint density at radius 1 is 1.19 bits per heavy atom. The van der Waals surface area contributed by atoms with Crippen molar-refractivity contribution in [1.29, 1.82) is 0 Å². The van der Waals surface area contributed by atoms with E-state index >= 15 is 0 Å². The largest absolute Gasteiger partial charge is 0.416 e. The molecule has 0 aliphatic heterocycles. The minimum Gasteiger partial charge on any atom is -0.398 e. The molecule has 0 radical (unpaired) electrons. The van der Waals surface area contributed by atoms with Gasteiger partial charge in [0.25, 0.3) is 0 Å². The van der Waals surface area contributed by atoms with Crippen molar-refractivity contribution >= 4 is 5.69 Å². The number of hydrogen-bond acceptors (Lipinski definition) is 4. The number of anilines is 1. The molecule has 0 aliphatic rings. The average Bonchev–Trinajstić information content (AvgIpc) is 2.45. The Labute approximate surface area is 119 Å². The maximum absolute atomic E-state index is 12.8. The Hall–Kier alpha value is -2.12. The summed E-state index contributed by atoms with van der Waals surface area (Å²) in [6, 6.07) is 7.98. The first-order valence-corrected chi connectivity index (χ1v) is 6.24. The minimum atomic E-state index is -4.42. The molecule has 5 N–H and O–H groups in total. The lowest BCUT2D eigenvalue weighted by Crippen LogP contribution is -2.30. The lowest BCUT2D eigenvalue weighted by Gasteiger charge is -2.19. The number of pyridine rings is 1. The van der Waals surface area contributed by atoms with Crippen molar-refractivity contribution in [3.63, 3.8) is 0 Å². The Balaban J connectivity index is 2.33. The molecular formula is C14H15F3N4. The van der Waals surface area contributed by atoms with Crippen LogP contribution in [0.3, 0.4) is 0 Å². The fraction of sp³-hybridized carbons (Fsp3) is 0.214. The molecule has 0 saturated carbocycles. The van der Waals surface area contributed by atoms with Crippen molar-refractivity contribution in [2.75, 3.05) is 5.73 Å². The Bertz CT molecular complexity index is 599. The van der Waals surface area contributed by atoms with Gasteiger partial charge in [0.05, 0.1) is 11.6 Å². The first kappa shape index (κ1) is 15.3. The molecule has 1 atom stereocenters. The molecule has 0 amide bonds. The normalized spacial score (nSPS) is 13.1. The topological polar surface area (TPSA) is 77.0 Å². The predicted octanol–water partition coefficient (Wildman–Crippen LogP) is 2.43. The monoisotopic (exact) mass is 296 g/mol. The lowest BCUT2D eigenvalue weighted by molar-refractivity contribution is -0.137. The molecule has 0 saturated heterocycles. The zero-order valence-electron chi connectivity index (χ0n) is 11.1. The first-order chi connectivity index (χ1) is 9.91. The molecule has 2 rings (SSSR count). The highest BCUT2D eigenvalue weighted by Crippen LogP contribution is 2.33. The molecule has 112 valence electrons. The van der Waals surface area contributed by atoms with Crippen molar-refractivity contribution in [2.45, 2.75) is 18.6 Å². The van der Waals surface area contributed by atoms with Crippen molar-refractivity contribution < 1.29 is 13.2 Å². The predicted molar refractivity (Wildman–Crippen MR) is 73.9 cm³/mol. The van der Waals surface area contributed by atoms with E-state index in [1.807, 2.05) is 0 Å². The summed E-state index contributed by atoms with van der Waals surface area (Å²) in [6.07, 6.45) is -2.48. The fourth-order valence-corrected chi connectivity index (χ4v) is 2.04. The van der Waals surface area contributed by atoms with E-state index in [0.717, 1.165) is 12.1 Å². The molecular weight excluding hydrogens is 281 g/mol. The van der Waals surface area contributed by atoms with Crippen LogP contribution in [0.4, 0.5) is 18.9 Å². The van der Waals surface area contributed by atoms with Gasteiger partial charge in [0.15, 0.2) is 0 Å². The van der Waals surface area contributed by atoms with Crippen molar-refractivity contribution in [3.8, 4) is 0 Å². The highest BCUT2D eigenvalue weighted by Gasteiger charge is 2.31. The third-order valence-electron chi connectivity index (χ3n) is 3.13. The molecule has 1 aromatic heterocycles. The van der Waals surface area contributed by atoms with Gasteiger partial charge in [0.2, 0.25) is 0 Å². The fourth-order valence-electron chi connectivity index (χ4n) is 2.04. The Morgan fingerprint density at radius 3 is 2.52 bits per heavy atom. The van der Waals surface area contributed by atoms with Crippen LogP contribution in [0.5, 0.6) is 0 Å². The van der Waals surface area contributed by atoms with E-state index in [-0.39, 0.29) is 5.69 Å². The van der Waals surface area contributed by atoms with E-state index in [4.69, 9.17) is 11.6 Å². The summed E-state index contributed by atoms with van der Waals surface area (Å²) in [4.78, 5) is 4.13. The summed E-state index contributed by atoms with van der Waals surface area (Å²) < 4.78 is 38.4. The number of hydrazine groups is 1. The zero-order valence-corrected chi connectivity index (χ0v) is 11.1. The number of nitrogens with one attached hydrogen (secondary N) is 1. The van der Waals surface area contributed by atoms with Gasteiger partial charge in [-0.05, 0) is 35.9 Å². The summed E-state index contributed by atoms with van der Waals surface area (Å²) in [6.45, 7) is 0. The maximum atomic E-state index is 12.8. The van der Waals surface area contributed by atoms with Crippen LogP contribution in [0, 0.1) is 0 Å². The number of aromatic nitrogens is 1. The summed E-state index contributed by atoms with van der Waals surface area (Å²) in [7, 11) is 0. The SMILES string of the molecule is NNC(Cc1ccccn1)c1cc(C(F)(F)F)ccc1N. The van der Waals surface area contributed by atoms with E-state index in [0.29, 0.717) is 17.7 Å². The van der Waals surface area contributed by atoms with Crippen LogP contribution in [0.2, 0.25) is 0 Å².